The molecule has 1 atom stereocenters. The summed E-state index contributed by atoms with van der Waals surface area (Å²) in [6, 6.07) is 0. The predicted molar refractivity (Wildman–Crippen MR) is 98.4 cm³/mol. The molecule has 164 valence electrons. The molecule has 0 bridgehead atoms. The number of Topliss-reactive ketones (excluding diaryl/α,β-unsaturated/α-hetero) is 1. The first-order valence-corrected chi connectivity index (χ1v) is 8.95. The molecule has 0 aliphatic heterocycles. The highest BCUT2D eigenvalue weighted by Gasteiger charge is 2.45. The summed E-state index contributed by atoms with van der Waals surface area (Å²) in [5.41, 5.74) is -1.60. The van der Waals surface area contributed by atoms with E-state index < -0.39 is 35.1 Å². The van der Waals surface area contributed by atoms with Crippen LogP contribution in [0.25, 0.3) is 0 Å². The summed E-state index contributed by atoms with van der Waals surface area (Å²) >= 11 is 0. The number of carbonyl (C=O) groups excluding carboxylic acids is 5. The number of aliphatic hydroxyl groups excluding tert-OH is 1. The lowest BCUT2D eigenvalue weighted by atomic mass is 9.75. The van der Waals surface area contributed by atoms with Crippen LogP contribution in [0.4, 0.5) is 0 Å². The number of esters is 4. The van der Waals surface area contributed by atoms with Gasteiger partial charge >= 0.3 is 23.9 Å². The first-order valence-electron chi connectivity index (χ1n) is 8.95. The molecule has 1 N–H and O–H groups in total. The number of aliphatic hydroxyl groups is 1. The van der Waals surface area contributed by atoms with E-state index in [2.05, 4.69) is 11.3 Å². The first kappa shape index (κ1) is 26.2. The topological polar surface area (TPSA) is 142 Å². The van der Waals surface area contributed by atoms with Crippen LogP contribution < -0.4 is 0 Å². The van der Waals surface area contributed by atoms with Crippen molar-refractivity contribution in [2.24, 2.45) is 5.41 Å². The van der Waals surface area contributed by atoms with Gasteiger partial charge < -0.3 is 24.1 Å². The molecule has 0 aromatic carbocycles. The standard InChI is InChI=1S/C19H28O10/c1-13(2)17(24)28-11-12-29-18(25)19(14(3)21,7-5-15(22)26-4)8-6-16(23)27-10-9-20/h20H,1,5-12H2,2-4H3. The summed E-state index contributed by atoms with van der Waals surface area (Å²) in [5.74, 6) is -3.56. The smallest absolute Gasteiger partial charge is 0.333 e. The van der Waals surface area contributed by atoms with E-state index in [1.54, 1.807) is 0 Å². The molecule has 29 heavy (non-hydrogen) atoms. The molecule has 1 unspecified atom stereocenters. The number of ether oxygens (including phenoxy) is 4. The lowest BCUT2D eigenvalue weighted by Gasteiger charge is -2.28. The third-order valence-corrected chi connectivity index (χ3v) is 4.06. The van der Waals surface area contributed by atoms with Gasteiger partial charge in [0.25, 0.3) is 0 Å². The molecule has 0 aromatic heterocycles. The minimum atomic E-state index is -1.77. The van der Waals surface area contributed by atoms with Gasteiger partial charge in [-0.25, -0.2) is 4.79 Å². The number of methoxy groups -OCH3 is 1. The van der Waals surface area contributed by atoms with Crippen molar-refractivity contribution in [3.05, 3.63) is 12.2 Å². The van der Waals surface area contributed by atoms with Crippen LogP contribution in [0.15, 0.2) is 12.2 Å². The van der Waals surface area contributed by atoms with Crippen LogP contribution in [0.5, 0.6) is 0 Å². The highest BCUT2D eigenvalue weighted by molar-refractivity contribution is 6.03. The normalized spacial score (nSPS) is 12.3. The monoisotopic (exact) mass is 416 g/mol. The second-order valence-electron chi connectivity index (χ2n) is 6.21. The molecule has 0 saturated carbocycles. The average molecular weight is 416 g/mol. The molecule has 0 aromatic rings. The fourth-order valence-corrected chi connectivity index (χ4v) is 2.32. The predicted octanol–water partition coefficient (Wildman–Crippen LogP) is 0.493. The molecule has 0 aliphatic rings. The Morgan fingerprint density at radius 1 is 0.862 bits per heavy atom. The van der Waals surface area contributed by atoms with Crippen LogP contribution in [0.1, 0.15) is 39.5 Å². The Kier molecular flexibility index (Phi) is 12.2. The van der Waals surface area contributed by atoms with Gasteiger partial charge in [0.1, 0.15) is 31.0 Å². The van der Waals surface area contributed by atoms with Gasteiger partial charge in [0.05, 0.1) is 13.7 Å². The molecule has 10 nitrogen and oxygen atoms in total. The van der Waals surface area contributed by atoms with Crippen LogP contribution in [0.2, 0.25) is 0 Å². The SMILES string of the molecule is C=C(C)C(=O)OCCOC(=O)C(CCC(=O)OC)(CCC(=O)OCCO)C(C)=O. The highest BCUT2D eigenvalue weighted by Crippen LogP contribution is 2.33. The van der Waals surface area contributed by atoms with Crippen molar-refractivity contribution in [1.29, 1.82) is 0 Å². The van der Waals surface area contributed by atoms with Crippen LogP contribution in [-0.4, -0.2) is 68.3 Å². The quantitative estimate of drug-likeness (QED) is 0.140. The number of carbonyl (C=O) groups is 5. The van der Waals surface area contributed by atoms with Crippen molar-refractivity contribution in [1.82, 2.24) is 0 Å². The summed E-state index contributed by atoms with van der Waals surface area (Å²) in [4.78, 5) is 59.6. The first-order chi connectivity index (χ1) is 13.6. The average Bonchev–Trinajstić information content (AvgIpc) is 2.68. The third-order valence-electron chi connectivity index (χ3n) is 4.06. The summed E-state index contributed by atoms with van der Waals surface area (Å²) in [5, 5.41) is 8.69. The number of ketones is 1. The maximum atomic E-state index is 12.7. The van der Waals surface area contributed by atoms with E-state index in [-0.39, 0.29) is 57.7 Å². The Bertz CT molecular complexity index is 624. The zero-order valence-electron chi connectivity index (χ0n) is 17.0. The van der Waals surface area contributed by atoms with Crippen LogP contribution in [0, 0.1) is 5.41 Å². The Labute approximate surface area is 169 Å². The van der Waals surface area contributed by atoms with Gasteiger partial charge in [0, 0.05) is 18.4 Å². The molecule has 0 fully saturated rings. The molecule has 0 amide bonds. The Morgan fingerprint density at radius 2 is 1.41 bits per heavy atom. The molecular weight excluding hydrogens is 388 g/mol. The van der Waals surface area contributed by atoms with Gasteiger partial charge in [-0.15, -0.1) is 0 Å². The summed E-state index contributed by atoms with van der Waals surface area (Å²) in [6.45, 7) is 4.87. The van der Waals surface area contributed by atoms with Gasteiger partial charge in [0.15, 0.2) is 0 Å². The zero-order valence-corrected chi connectivity index (χ0v) is 17.0. The molecule has 0 aliphatic carbocycles. The van der Waals surface area contributed by atoms with Gasteiger partial charge in [0.2, 0.25) is 0 Å². The third kappa shape index (κ3) is 9.33. The fraction of sp³-hybridized carbons (Fsp3) is 0.632. The molecule has 0 spiro atoms. The van der Waals surface area contributed by atoms with Crippen LogP contribution in [0.3, 0.4) is 0 Å². The Balaban J connectivity index is 5.18. The van der Waals surface area contributed by atoms with Gasteiger partial charge in [-0.05, 0) is 26.7 Å². The van der Waals surface area contributed by atoms with Crippen molar-refractivity contribution in [3.63, 3.8) is 0 Å². The van der Waals surface area contributed by atoms with Crippen molar-refractivity contribution in [3.8, 4) is 0 Å². The number of hydrogen-bond acceptors (Lipinski definition) is 10. The number of rotatable bonds is 14. The maximum Gasteiger partial charge on any atom is 0.333 e. The molecule has 10 heteroatoms. The molecule has 0 saturated heterocycles. The summed E-state index contributed by atoms with van der Waals surface area (Å²) < 4.78 is 19.2. The van der Waals surface area contributed by atoms with Gasteiger partial charge in [-0.3, -0.25) is 19.2 Å². The zero-order chi connectivity index (χ0) is 22.4. The van der Waals surface area contributed by atoms with E-state index >= 15 is 0 Å². The molecule has 0 radical (unpaired) electrons. The van der Waals surface area contributed by atoms with Crippen molar-refractivity contribution >= 4 is 29.7 Å². The summed E-state index contributed by atoms with van der Waals surface area (Å²) in [6.07, 6.45) is -1.04. The summed E-state index contributed by atoms with van der Waals surface area (Å²) in [7, 11) is 1.16. The van der Waals surface area contributed by atoms with E-state index in [9.17, 15) is 24.0 Å². The second-order valence-corrected chi connectivity index (χ2v) is 6.21. The van der Waals surface area contributed by atoms with Crippen molar-refractivity contribution in [2.75, 3.05) is 33.5 Å². The molecule has 0 heterocycles. The second kappa shape index (κ2) is 13.4. The lowest BCUT2D eigenvalue weighted by molar-refractivity contribution is -0.165. The van der Waals surface area contributed by atoms with Crippen molar-refractivity contribution < 1.29 is 48.0 Å². The van der Waals surface area contributed by atoms with Crippen LogP contribution in [-0.2, 0) is 42.9 Å². The van der Waals surface area contributed by atoms with E-state index in [1.165, 1.54) is 6.92 Å². The fourth-order valence-electron chi connectivity index (χ4n) is 2.32. The molecule has 0 rings (SSSR count). The van der Waals surface area contributed by atoms with Crippen LogP contribution >= 0.6 is 0 Å². The van der Waals surface area contributed by atoms with E-state index in [4.69, 9.17) is 19.3 Å². The van der Waals surface area contributed by atoms with Gasteiger partial charge in [-0.2, -0.15) is 0 Å². The lowest BCUT2D eigenvalue weighted by Crippen LogP contribution is -2.41. The van der Waals surface area contributed by atoms with E-state index in [0.29, 0.717) is 0 Å². The highest BCUT2D eigenvalue weighted by atomic mass is 16.6. The molecular formula is C19H28O10. The van der Waals surface area contributed by atoms with Crippen molar-refractivity contribution in [2.45, 2.75) is 39.5 Å². The number of hydrogen-bond donors (Lipinski definition) is 1. The van der Waals surface area contributed by atoms with E-state index in [0.717, 1.165) is 14.0 Å². The minimum Gasteiger partial charge on any atom is -0.469 e. The largest absolute Gasteiger partial charge is 0.469 e. The Hall–Kier alpha value is -2.75. The van der Waals surface area contributed by atoms with Gasteiger partial charge in [-0.1, -0.05) is 6.58 Å². The minimum absolute atomic E-state index is 0.175. The van der Waals surface area contributed by atoms with E-state index in [1.807, 2.05) is 0 Å². The maximum absolute atomic E-state index is 12.7. The Morgan fingerprint density at radius 3 is 1.90 bits per heavy atom.